The topological polar surface area (TPSA) is 52.5 Å². The van der Waals surface area contributed by atoms with Gasteiger partial charge in [0.1, 0.15) is 0 Å². The molecule has 0 radical (unpaired) electrons. The molecule has 0 saturated carbocycles. The van der Waals surface area contributed by atoms with Gasteiger partial charge >= 0.3 is 6.18 Å². The van der Waals surface area contributed by atoms with Crippen LogP contribution in [-0.4, -0.2) is 40.7 Å². The van der Waals surface area contributed by atoms with Crippen molar-refractivity contribution < 1.29 is 23.4 Å². The molecule has 3 nitrogen and oxygen atoms in total. The molecule has 6 heteroatoms. The van der Waals surface area contributed by atoms with E-state index in [1.54, 1.807) is 0 Å². The fraction of sp³-hybridized carbons (Fsp3) is 1.00. The van der Waals surface area contributed by atoms with Gasteiger partial charge in [-0.25, -0.2) is 0 Å². The first-order valence-corrected chi connectivity index (χ1v) is 3.97. The first-order chi connectivity index (χ1) is 5.81. The molecular formula is C7H12F3NO2. The van der Waals surface area contributed by atoms with E-state index in [0.717, 1.165) is 0 Å². The summed E-state index contributed by atoms with van der Waals surface area (Å²) >= 11 is 0. The van der Waals surface area contributed by atoms with Gasteiger partial charge in [0.2, 0.25) is 0 Å². The fourth-order valence-corrected chi connectivity index (χ4v) is 1.58. The van der Waals surface area contributed by atoms with E-state index in [2.05, 4.69) is 5.32 Å². The molecule has 0 unspecified atom stereocenters. The van der Waals surface area contributed by atoms with Crippen molar-refractivity contribution >= 4 is 0 Å². The maximum absolute atomic E-state index is 12.3. The zero-order chi connectivity index (χ0) is 10.3. The summed E-state index contributed by atoms with van der Waals surface area (Å²) < 4.78 is 37.0. The maximum Gasteiger partial charge on any atom is 0.418 e. The summed E-state index contributed by atoms with van der Waals surface area (Å²) in [4.78, 5) is 0. The van der Waals surface area contributed by atoms with Gasteiger partial charge in [-0.1, -0.05) is 0 Å². The zero-order valence-corrected chi connectivity index (χ0v) is 7.10. The largest absolute Gasteiger partial charge is 0.418 e. The van der Waals surface area contributed by atoms with Crippen LogP contribution in [0.15, 0.2) is 0 Å². The lowest BCUT2D eigenvalue weighted by atomic mass is 9.94. The molecule has 78 valence electrons. The van der Waals surface area contributed by atoms with Crippen LogP contribution in [0.5, 0.6) is 0 Å². The average molecular weight is 199 g/mol. The molecule has 3 atom stereocenters. The van der Waals surface area contributed by atoms with Gasteiger partial charge in [0.05, 0.1) is 6.61 Å². The van der Waals surface area contributed by atoms with Crippen LogP contribution in [0.25, 0.3) is 0 Å². The summed E-state index contributed by atoms with van der Waals surface area (Å²) in [6.07, 6.45) is -5.14. The van der Waals surface area contributed by atoms with Crippen molar-refractivity contribution in [2.45, 2.75) is 37.2 Å². The molecule has 1 heterocycles. The highest BCUT2D eigenvalue weighted by molar-refractivity contribution is 5.04. The van der Waals surface area contributed by atoms with Crippen molar-refractivity contribution in [2.75, 3.05) is 6.61 Å². The Morgan fingerprint density at radius 2 is 2.08 bits per heavy atom. The van der Waals surface area contributed by atoms with Gasteiger partial charge in [-0.2, -0.15) is 13.2 Å². The van der Waals surface area contributed by atoms with Gasteiger partial charge in [0.15, 0.2) is 5.60 Å². The second-order valence-corrected chi connectivity index (χ2v) is 3.39. The van der Waals surface area contributed by atoms with E-state index in [4.69, 9.17) is 5.11 Å². The van der Waals surface area contributed by atoms with Crippen molar-refractivity contribution in [3.05, 3.63) is 0 Å². The molecule has 1 saturated heterocycles. The number of rotatable bonds is 1. The number of aliphatic hydroxyl groups excluding tert-OH is 1. The smallest absolute Gasteiger partial charge is 0.395 e. The average Bonchev–Trinajstić information content (AvgIpc) is 2.28. The minimum Gasteiger partial charge on any atom is -0.395 e. The summed E-state index contributed by atoms with van der Waals surface area (Å²) in [5, 5.41) is 20.4. The van der Waals surface area contributed by atoms with Crippen LogP contribution in [0.3, 0.4) is 0 Å². The predicted molar refractivity (Wildman–Crippen MR) is 39.1 cm³/mol. The highest BCUT2D eigenvalue weighted by Crippen LogP contribution is 2.40. The van der Waals surface area contributed by atoms with Crippen molar-refractivity contribution in [1.82, 2.24) is 5.32 Å². The molecule has 0 aromatic rings. The molecule has 0 spiro atoms. The minimum absolute atomic E-state index is 0.400. The quantitative estimate of drug-likeness (QED) is 0.558. The van der Waals surface area contributed by atoms with E-state index in [1.807, 2.05) is 0 Å². The van der Waals surface area contributed by atoms with Gasteiger partial charge in [-0.3, -0.25) is 0 Å². The molecule has 0 amide bonds. The third-order valence-corrected chi connectivity index (χ3v) is 2.47. The lowest BCUT2D eigenvalue weighted by Gasteiger charge is -2.29. The highest BCUT2D eigenvalue weighted by Gasteiger charge is 2.61. The predicted octanol–water partition coefficient (Wildman–Crippen LogP) is 0.0225. The number of halogens is 3. The molecule has 1 aliphatic heterocycles. The van der Waals surface area contributed by atoms with Gasteiger partial charge in [0.25, 0.3) is 0 Å². The SMILES string of the molecule is C[C@@H]1N[C@H](CO)C[C@]1(O)C(F)(F)F. The first-order valence-electron chi connectivity index (χ1n) is 3.97. The molecule has 1 aliphatic rings. The number of alkyl halides is 3. The van der Waals surface area contributed by atoms with Crippen LogP contribution >= 0.6 is 0 Å². The molecule has 1 fully saturated rings. The Bertz CT molecular complexity index is 197. The maximum atomic E-state index is 12.3. The Labute approximate surface area is 73.6 Å². The van der Waals surface area contributed by atoms with E-state index < -0.39 is 36.9 Å². The summed E-state index contributed by atoms with van der Waals surface area (Å²) in [6, 6.07) is -1.76. The lowest BCUT2D eigenvalue weighted by Crippen LogP contribution is -2.52. The minimum atomic E-state index is -4.65. The Morgan fingerprint density at radius 3 is 2.31 bits per heavy atom. The van der Waals surface area contributed by atoms with Crippen LogP contribution in [0.1, 0.15) is 13.3 Å². The number of nitrogens with one attached hydrogen (secondary N) is 1. The fourth-order valence-electron chi connectivity index (χ4n) is 1.58. The number of aliphatic hydroxyl groups is 2. The molecule has 0 aromatic heterocycles. The molecule has 1 rings (SSSR count). The molecule has 3 N–H and O–H groups in total. The van der Waals surface area contributed by atoms with Crippen LogP contribution in [0.4, 0.5) is 13.2 Å². The van der Waals surface area contributed by atoms with Crippen molar-refractivity contribution in [3.8, 4) is 0 Å². The van der Waals surface area contributed by atoms with Crippen molar-refractivity contribution in [1.29, 1.82) is 0 Å². The van der Waals surface area contributed by atoms with Gasteiger partial charge in [-0.05, 0) is 6.92 Å². The molecule has 0 aliphatic carbocycles. The summed E-state index contributed by atoms with van der Waals surface area (Å²) in [7, 11) is 0. The van der Waals surface area contributed by atoms with Crippen molar-refractivity contribution in [3.63, 3.8) is 0 Å². The van der Waals surface area contributed by atoms with Crippen LogP contribution in [0.2, 0.25) is 0 Å². The van der Waals surface area contributed by atoms with E-state index in [1.165, 1.54) is 6.92 Å². The molecule has 13 heavy (non-hydrogen) atoms. The van der Waals surface area contributed by atoms with Gasteiger partial charge in [-0.15, -0.1) is 0 Å². The molecular weight excluding hydrogens is 187 g/mol. The number of hydrogen-bond donors (Lipinski definition) is 3. The zero-order valence-electron chi connectivity index (χ0n) is 7.10. The third kappa shape index (κ3) is 1.66. The lowest BCUT2D eigenvalue weighted by molar-refractivity contribution is -0.261. The normalized spacial score (nSPS) is 41.1. The molecule has 0 aromatic carbocycles. The monoisotopic (exact) mass is 199 g/mol. The second-order valence-electron chi connectivity index (χ2n) is 3.39. The van der Waals surface area contributed by atoms with E-state index in [0.29, 0.717) is 0 Å². The highest BCUT2D eigenvalue weighted by atomic mass is 19.4. The van der Waals surface area contributed by atoms with Crippen molar-refractivity contribution in [2.24, 2.45) is 0 Å². The Balaban J connectivity index is 2.81. The summed E-state index contributed by atoms with van der Waals surface area (Å²) in [6.45, 7) is 0.853. The van der Waals surface area contributed by atoms with E-state index >= 15 is 0 Å². The van der Waals surface area contributed by atoms with Gasteiger partial charge < -0.3 is 15.5 Å². The summed E-state index contributed by atoms with van der Waals surface area (Å²) in [5.41, 5.74) is -2.71. The standard InChI is InChI=1S/C7H12F3NO2/c1-4-6(13,7(8,9)10)2-5(3-12)11-4/h4-5,11-13H,2-3H2,1H3/t4-,5-,6+/m0/s1. The Kier molecular flexibility index (Phi) is 2.57. The third-order valence-electron chi connectivity index (χ3n) is 2.47. The Hall–Kier alpha value is -0.330. The summed E-state index contributed by atoms with van der Waals surface area (Å²) in [5.74, 6) is 0. The van der Waals surface area contributed by atoms with Gasteiger partial charge in [0, 0.05) is 18.5 Å². The van der Waals surface area contributed by atoms with Crippen LogP contribution in [0, 0.1) is 0 Å². The second kappa shape index (κ2) is 3.11. The van der Waals surface area contributed by atoms with E-state index in [9.17, 15) is 18.3 Å². The Morgan fingerprint density at radius 1 is 1.54 bits per heavy atom. The van der Waals surface area contributed by atoms with Crippen LogP contribution < -0.4 is 5.32 Å². The number of hydrogen-bond acceptors (Lipinski definition) is 3. The van der Waals surface area contributed by atoms with E-state index in [-0.39, 0.29) is 0 Å². The molecule has 0 bridgehead atoms. The van der Waals surface area contributed by atoms with Crippen LogP contribution in [-0.2, 0) is 0 Å². The first kappa shape index (κ1) is 10.7.